The molecule has 0 atom stereocenters. The van der Waals surface area contributed by atoms with Crippen LogP contribution in [0.1, 0.15) is 30.1 Å². The molecule has 0 aromatic heterocycles. The van der Waals surface area contributed by atoms with Crippen molar-refractivity contribution in [2.75, 3.05) is 24.6 Å². The van der Waals surface area contributed by atoms with Crippen LogP contribution in [0.4, 0.5) is 11.4 Å². The average molecular weight is 294 g/mol. The number of aromatic carboxylic acids is 1. The van der Waals surface area contributed by atoms with E-state index in [9.17, 15) is 14.9 Å². The van der Waals surface area contributed by atoms with E-state index in [4.69, 9.17) is 9.84 Å². The molecule has 0 unspecified atom stereocenters. The highest BCUT2D eigenvalue weighted by atomic mass is 16.6. The van der Waals surface area contributed by atoms with E-state index in [-0.39, 0.29) is 17.4 Å². The Bertz CT molecular complexity index is 538. The summed E-state index contributed by atoms with van der Waals surface area (Å²) in [4.78, 5) is 23.4. The van der Waals surface area contributed by atoms with Crippen molar-refractivity contribution in [1.82, 2.24) is 0 Å². The fourth-order valence-electron chi connectivity index (χ4n) is 2.56. The number of ether oxygens (including phenoxy) is 1. The van der Waals surface area contributed by atoms with E-state index >= 15 is 0 Å². The second kappa shape index (κ2) is 6.53. The molecule has 7 nitrogen and oxygen atoms in total. The maximum Gasteiger partial charge on any atom is 0.342 e. The van der Waals surface area contributed by atoms with Crippen LogP contribution in [-0.4, -0.2) is 41.8 Å². The number of anilines is 1. The molecular formula is C14H18N2O5. The van der Waals surface area contributed by atoms with E-state index in [0.717, 1.165) is 25.9 Å². The van der Waals surface area contributed by atoms with Crippen LogP contribution in [0.3, 0.4) is 0 Å². The summed E-state index contributed by atoms with van der Waals surface area (Å²) in [6, 6.07) is 4.26. The average Bonchev–Trinajstić information content (AvgIpc) is 2.47. The summed E-state index contributed by atoms with van der Waals surface area (Å²) in [7, 11) is 0. The van der Waals surface area contributed by atoms with Gasteiger partial charge in [-0.3, -0.25) is 10.1 Å². The molecule has 1 saturated heterocycles. The van der Waals surface area contributed by atoms with Crippen molar-refractivity contribution in [3.63, 3.8) is 0 Å². The van der Waals surface area contributed by atoms with Crippen LogP contribution >= 0.6 is 0 Å². The highest BCUT2D eigenvalue weighted by molar-refractivity contribution is 5.93. The number of nitro benzene ring substituents is 1. The van der Waals surface area contributed by atoms with Crippen LogP contribution in [0.5, 0.6) is 0 Å². The minimum Gasteiger partial charge on any atom is -0.477 e. The number of piperidine rings is 1. The molecule has 0 amide bonds. The van der Waals surface area contributed by atoms with E-state index in [1.165, 1.54) is 12.1 Å². The third-order valence-electron chi connectivity index (χ3n) is 3.62. The van der Waals surface area contributed by atoms with Crippen LogP contribution in [0.15, 0.2) is 18.2 Å². The van der Waals surface area contributed by atoms with Gasteiger partial charge in [-0.05, 0) is 31.9 Å². The van der Waals surface area contributed by atoms with Crippen molar-refractivity contribution < 1.29 is 19.6 Å². The van der Waals surface area contributed by atoms with Crippen LogP contribution in [0, 0.1) is 10.1 Å². The second-order valence-electron chi connectivity index (χ2n) is 4.91. The highest BCUT2D eigenvalue weighted by Crippen LogP contribution is 2.28. The molecule has 1 aliphatic heterocycles. The molecule has 1 aromatic rings. The van der Waals surface area contributed by atoms with Crippen molar-refractivity contribution in [2.45, 2.75) is 25.9 Å². The Balaban J connectivity index is 2.16. The molecule has 2 rings (SSSR count). The molecule has 21 heavy (non-hydrogen) atoms. The summed E-state index contributed by atoms with van der Waals surface area (Å²) in [6.07, 6.45) is 1.96. The Morgan fingerprint density at radius 2 is 2.14 bits per heavy atom. The first-order valence-electron chi connectivity index (χ1n) is 6.91. The molecule has 0 spiro atoms. The Morgan fingerprint density at radius 1 is 1.48 bits per heavy atom. The quantitative estimate of drug-likeness (QED) is 0.661. The van der Waals surface area contributed by atoms with Crippen molar-refractivity contribution in [2.24, 2.45) is 0 Å². The summed E-state index contributed by atoms with van der Waals surface area (Å²) in [5.74, 6) is -1.29. The number of carboxylic acids is 1. The fraction of sp³-hybridized carbons (Fsp3) is 0.500. The summed E-state index contributed by atoms with van der Waals surface area (Å²) in [5.41, 5.74) is 0.0292. The zero-order chi connectivity index (χ0) is 15.4. The van der Waals surface area contributed by atoms with Crippen LogP contribution < -0.4 is 4.90 Å². The van der Waals surface area contributed by atoms with E-state index < -0.39 is 10.9 Å². The Morgan fingerprint density at radius 3 is 2.67 bits per heavy atom. The summed E-state index contributed by atoms with van der Waals surface area (Å²) in [5, 5.41) is 20.0. The SMILES string of the molecule is CCOC1CCN(c2ccc(C(=O)O)c([N+](=O)[O-])c2)CC1. The highest BCUT2D eigenvalue weighted by Gasteiger charge is 2.24. The number of carboxylic acid groups (broad SMARTS) is 1. The molecule has 0 radical (unpaired) electrons. The van der Waals surface area contributed by atoms with Gasteiger partial charge < -0.3 is 14.7 Å². The summed E-state index contributed by atoms with van der Waals surface area (Å²) < 4.78 is 5.57. The normalized spacial score (nSPS) is 16.0. The summed E-state index contributed by atoms with van der Waals surface area (Å²) in [6.45, 7) is 4.13. The third kappa shape index (κ3) is 3.49. The van der Waals surface area contributed by atoms with Gasteiger partial charge in [0.15, 0.2) is 0 Å². The predicted molar refractivity (Wildman–Crippen MR) is 76.9 cm³/mol. The lowest BCUT2D eigenvalue weighted by Crippen LogP contribution is -2.37. The van der Waals surface area contributed by atoms with Gasteiger partial charge in [0.25, 0.3) is 5.69 Å². The predicted octanol–water partition coefficient (Wildman–Crippen LogP) is 2.30. The zero-order valence-corrected chi connectivity index (χ0v) is 11.8. The molecule has 1 heterocycles. The van der Waals surface area contributed by atoms with E-state index in [2.05, 4.69) is 0 Å². The van der Waals surface area contributed by atoms with Gasteiger partial charge >= 0.3 is 5.97 Å². The molecule has 1 fully saturated rings. The summed E-state index contributed by atoms with van der Waals surface area (Å²) >= 11 is 0. The van der Waals surface area contributed by atoms with Gasteiger partial charge in [0, 0.05) is 31.5 Å². The van der Waals surface area contributed by atoms with E-state index in [1.54, 1.807) is 6.07 Å². The number of rotatable bonds is 5. The van der Waals surface area contributed by atoms with Crippen LogP contribution in [0.25, 0.3) is 0 Å². The number of nitro groups is 1. The van der Waals surface area contributed by atoms with Gasteiger partial charge in [0.1, 0.15) is 5.56 Å². The number of hydrogen-bond acceptors (Lipinski definition) is 5. The van der Waals surface area contributed by atoms with Gasteiger partial charge in [-0.25, -0.2) is 4.79 Å². The lowest BCUT2D eigenvalue weighted by atomic mass is 10.1. The number of nitrogens with zero attached hydrogens (tertiary/aromatic N) is 2. The third-order valence-corrected chi connectivity index (χ3v) is 3.62. The smallest absolute Gasteiger partial charge is 0.342 e. The molecule has 114 valence electrons. The standard InChI is InChI=1S/C14H18N2O5/c1-2-21-11-5-7-15(8-6-11)10-3-4-12(14(17)18)13(9-10)16(19)20/h3-4,9,11H,2,5-8H2,1H3,(H,17,18). The lowest BCUT2D eigenvalue weighted by molar-refractivity contribution is -0.385. The van der Waals surface area contributed by atoms with Gasteiger partial charge in [0.2, 0.25) is 0 Å². The molecule has 1 aromatic carbocycles. The molecule has 7 heteroatoms. The number of carbonyl (C=O) groups is 1. The maximum atomic E-state index is 11.0. The van der Waals surface area contributed by atoms with Crippen LogP contribution in [0.2, 0.25) is 0 Å². The first-order valence-corrected chi connectivity index (χ1v) is 6.91. The van der Waals surface area contributed by atoms with Crippen molar-refractivity contribution in [3.05, 3.63) is 33.9 Å². The molecule has 0 aliphatic carbocycles. The van der Waals surface area contributed by atoms with Gasteiger partial charge in [-0.15, -0.1) is 0 Å². The number of benzene rings is 1. The van der Waals surface area contributed by atoms with Crippen LogP contribution in [-0.2, 0) is 4.74 Å². The first kappa shape index (κ1) is 15.2. The monoisotopic (exact) mass is 294 g/mol. The van der Waals surface area contributed by atoms with E-state index in [1.807, 2.05) is 11.8 Å². The van der Waals surface area contributed by atoms with Crippen molar-refractivity contribution >= 4 is 17.3 Å². The molecule has 1 N–H and O–H groups in total. The minimum atomic E-state index is -1.29. The van der Waals surface area contributed by atoms with E-state index in [0.29, 0.717) is 12.3 Å². The number of hydrogen-bond donors (Lipinski definition) is 1. The zero-order valence-electron chi connectivity index (χ0n) is 11.8. The topological polar surface area (TPSA) is 92.9 Å². The lowest BCUT2D eigenvalue weighted by Gasteiger charge is -2.33. The Hall–Kier alpha value is -2.15. The van der Waals surface area contributed by atoms with Gasteiger partial charge in [-0.1, -0.05) is 0 Å². The maximum absolute atomic E-state index is 11.0. The molecule has 0 bridgehead atoms. The van der Waals surface area contributed by atoms with Crippen molar-refractivity contribution in [3.8, 4) is 0 Å². The molecule has 0 saturated carbocycles. The Kier molecular flexibility index (Phi) is 4.74. The fourth-order valence-corrected chi connectivity index (χ4v) is 2.56. The van der Waals surface area contributed by atoms with Gasteiger partial charge in [0.05, 0.1) is 11.0 Å². The van der Waals surface area contributed by atoms with Crippen molar-refractivity contribution in [1.29, 1.82) is 0 Å². The largest absolute Gasteiger partial charge is 0.477 e. The molecular weight excluding hydrogens is 276 g/mol. The first-order chi connectivity index (χ1) is 10.0. The minimum absolute atomic E-state index is 0.236. The Labute approximate surface area is 122 Å². The van der Waals surface area contributed by atoms with Gasteiger partial charge in [-0.2, -0.15) is 0 Å². The second-order valence-corrected chi connectivity index (χ2v) is 4.91. The molecule has 1 aliphatic rings.